The van der Waals surface area contributed by atoms with Gasteiger partial charge in [-0.1, -0.05) is 29.8 Å². The highest BCUT2D eigenvalue weighted by Crippen LogP contribution is 2.27. The molecule has 0 atom stereocenters. The maximum Gasteiger partial charge on any atom is 0.110 e. The van der Waals surface area contributed by atoms with E-state index in [2.05, 4.69) is 28.1 Å². The summed E-state index contributed by atoms with van der Waals surface area (Å²) < 4.78 is 2.19. The van der Waals surface area contributed by atoms with Crippen LogP contribution in [0, 0.1) is 0 Å². The third-order valence-electron chi connectivity index (χ3n) is 2.78. The van der Waals surface area contributed by atoms with Gasteiger partial charge in [-0.3, -0.25) is 0 Å². The van der Waals surface area contributed by atoms with Crippen LogP contribution in [-0.4, -0.2) is 11.1 Å². The number of hydrogen-bond acceptors (Lipinski definition) is 1. The smallest absolute Gasteiger partial charge is 0.110 e. The lowest BCUT2D eigenvalue weighted by molar-refractivity contribution is 0.632. The molecule has 1 aromatic heterocycles. The van der Waals surface area contributed by atoms with E-state index < -0.39 is 0 Å². The molecular weight excluding hydrogens is 196 g/mol. The lowest BCUT2D eigenvalue weighted by Gasteiger charge is -2.03. The maximum absolute atomic E-state index is 6.18. The molecule has 0 aliphatic carbocycles. The number of benzene rings is 1. The highest BCUT2D eigenvalue weighted by Gasteiger charge is 2.12. The molecule has 1 aliphatic rings. The number of rotatable bonds is 0. The minimum atomic E-state index is 0.844. The number of nitrogens with one attached hydrogen (secondary N) is 1. The van der Waals surface area contributed by atoms with E-state index in [1.54, 1.807) is 0 Å². The molecular formula is C11H11ClN2. The topological polar surface area (TPSA) is 17.0 Å². The van der Waals surface area contributed by atoms with Gasteiger partial charge in [-0.05, 0) is 11.6 Å². The molecule has 0 amide bonds. The van der Waals surface area contributed by atoms with E-state index in [-0.39, 0.29) is 0 Å². The van der Waals surface area contributed by atoms with Crippen LogP contribution in [-0.2, 0) is 13.1 Å². The molecule has 0 saturated heterocycles. The monoisotopic (exact) mass is 206 g/mol. The van der Waals surface area contributed by atoms with Gasteiger partial charge in [0.15, 0.2) is 0 Å². The van der Waals surface area contributed by atoms with E-state index >= 15 is 0 Å². The van der Waals surface area contributed by atoms with Crippen molar-refractivity contribution in [2.45, 2.75) is 13.1 Å². The quantitative estimate of drug-likeness (QED) is 0.701. The maximum atomic E-state index is 6.18. The highest BCUT2D eigenvalue weighted by molar-refractivity contribution is 6.31. The van der Waals surface area contributed by atoms with Gasteiger partial charge in [-0.15, -0.1) is 0 Å². The summed E-state index contributed by atoms with van der Waals surface area (Å²) in [5.74, 6) is 0. The Kier molecular flexibility index (Phi) is 1.79. The fraction of sp³-hybridized carbons (Fsp3) is 0.273. The Balaban J connectivity index is 2.42. The number of halogens is 1. The summed E-state index contributed by atoms with van der Waals surface area (Å²) in [4.78, 5) is 0. The van der Waals surface area contributed by atoms with Crippen molar-refractivity contribution in [1.29, 1.82) is 0 Å². The van der Waals surface area contributed by atoms with Crippen molar-refractivity contribution >= 4 is 22.5 Å². The third kappa shape index (κ3) is 1.08. The third-order valence-corrected chi connectivity index (χ3v) is 3.09. The van der Waals surface area contributed by atoms with Crippen LogP contribution in [0.1, 0.15) is 5.56 Å². The lowest BCUT2D eigenvalue weighted by atomic mass is 10.1. The first-order valence-corrected chi connectivity index (χ1v) is 5.21. The van der Waals surface area contributed by atoms with Crippen LogP contribution in [0.25, 0.3) is 10.9 Å². The van der Waals surface area contributed by atoms with Crippen LogP contribution in [0.3, 0.4) is 0 Å². The second kappa shape index (κ2) is 3.01. The molecule has 1 aliphatic heterocycles. The first-order valence-electron chi connectivity index (χ1n) is 4.83. The lowest BCUT2D eigenvalue weighted by Crippen LogP contribution is -2.15. The average molecular weight is 207 g/mol. The summed E-state index contributed by atoms with van der Waals surface area (Å²) in [6, 6.07) is 8.41. The minimum absolute atomic E-state index is 0.844. The first kappa shape index (κ1) is 8.33. The molecule has 1 aromatic carbocycles. The zero-order valence-corrected chi connectivity index (χ0v) is 8.51. The summed E-state index contributed by atoms with van der Waals surface area (Å²) >= 11 is 6.18. The molecule has 0 saturated carbocycles. The normalized spacial score (nSPS) is 15.8. The van der Waals surface area contributed by atoms with E-state index in [4.69, 9.17) is 11.6 Å². The zero-order chi connectivity index (χ0) is 9.54. The van der Waals surface area contributed by atoms with Gasteiger partial charge in [-0.25, -0.2) is 0 Å². The molecule has 3 rings (SSSR count). The first-order chi connectivity index (χ1) is 6.86. The molecule has 14 heavy (non-hydrogen) atoms. The summed E-state index contributed by atoms with van der Waals surface area (Å²) in [5, 5.41) is 5.48. The van der Waals surface area contributed by atoms with E-state index in [1.807, 2.05) is 6.07 Å². The summed E-state index contributed by atoms with van der Waals surface area (Å²) in [6.07, 6.45) is 0. The van der Waals surface area contributed by atoms with E-state index in [0.717, 1.165) is 24.8 Å². The number of para-hydroxylation sites is 1. The molecule has 2 nitrogen and oxygen atoms in total. The van der Waals surface area contributed by atoms with Crippen LogP contribution in [0.15, 0.2) is 24.3 Å². The van der Waals surface area contributed by atoms with Crippen LogP contribution in [0.2, 0.25) is 5.15 Å². The minimum Gasteiger partial charge on any atom is -0.330 e. The van der Waals surface area contributed by atoms with Crippen molar-refractivity contribution in [3.05, 3.63) is 35.0 Å². The van der Waals surface area contributed by atoms with Gasteiger partial charge < -0.3 is 9.88 Å². The van der Waals surface area contributed by atoms with Gasteiger partial charge in [0.25, 0.3) is 0 Å². The van der Waals surface area contributed by atoms with Gasteiger partial charge in [0, 0.05) is 25.0 Å². The van der Waals surface area contributed by atoms with Crippen LogP contribution in [0.5, 0.6) is 0 Å². The molecule has 0 unspecified atom stereocenters. The van der Waals surface area contributed by atoms with Crippen molar-refractivity contribution in [2.75, 3.05) is 6.54 Å². The van der Waals surface area contributed by atoms with Crippen molar-refractivity contribution in [3.63, 3.8) is 0 Å². The molecule has 0 radical (unpaired) electrons. The van der Waals surface area contributed by atoms with Gasteiger partial charge >= 0.3 is 0 Å². The van der Waals surface area contributed by atoms with E-state index in [1.165, 1.54) is 16.5 Å². The Morgan fingerprint density at radius 2 is 2.29 bits per heavy atom. The predicted molar refractivity (Wildman–Crippen MR) is 58.7 cm³/mol. The average Bonchev–Trinajstić information content (AvgIpc) is 2.39. The van der Waals surface area contributed by atoms with Crippen molar-refractivity contribution in [1.82, 2.24) is 9.88 Å². The summed E-state index contributed by atoms with van der Waals surface area (Å²) in [6.45, 7) is 2.88. The van der Waals surface area contributed by atoms with Crippen LogP contribution >= 0.6 is 11.6 Å². The Hall–Kier alpha value is -0.990. The SMILES string of the molecule is Clc1cc2cccc3c2n1CCNC3. The van der Waals surface area contributed by atoms with Crippen LogP contribution in [0.4, 0.5) is 0 Å². The molecule has 0 fully saturated rings. The molecule has 0 spiro atoms. The fourth-order valence-electron chi connectivity index (χ4n) is 2.15. The Morgan fingerprint density at radius 3 is 3.21 bits per heavy atom. The number of hydrogen-bond donors (Lipinski definition) is 1. The molecule has 72 valence electrons. The van der Waals surface area contributed by atoms with Crippen molar-refractivity contribution in [3.8, 4) is 0 Å². The molecule has 1 N–H and O–H groups in total. The standard InChI is InChI=1S/C11H11ClN2/c12-10-6-8-2-1-3-9-7-13-4-5-14(10)11(8)9/h1-3,6,13H,4-5,7H2. The second-order valence-corrected chi connectivity index (χ2v) is 4.04. The largest absolute Gasteiger partial charge is 0.330 e. The summed E-state index contributed by atoms with van der Waals surface area (Å²) in [5.41, 5.74) is 2.63. The Bertz CT molecular complexity index is 487. The highest BCUT2D eigenvalue weighted by atomic mass is 35.5. The van der Waals surface area contributed by atoms with E-state index in [0.29, 0.717) is 0 Å². The fourth-order valence-corrected chi connectivity index (χ4v) is 2.43. The molecule has 2 heterocycles. The Labute approximate surface area is 87.5 Å². The van der Waals surface area contributed by atoms with Crippen molar-refractivity contribution in [2.24, 2.45) is 0 Å². The predicted octanol–water partition coefficient (Wildman–Crippen LogP) is 2.40. The van der Waals surface area contributed by atoms with E-state index in [9.17, 15) is 0 Å². The molecule has 0 bridgehead atoms. The zero-order valence-electron chi connectivity index (χ0n) is 7.76. The van der Waals surface area contributed by atoms with Crippen molar-refractivity contribution < 1.29 is 0 Å². The van der Waals surface area contributed by atoms with Gasteiger partial charge in [0.1, 0.15) is 5.15 Å². The molecule has 3 heteroatoms. The van der Waals surface area contributed by atoms with Crippen LogP contribution < -0.4 is 5.32 Å². The van der Waals surface area contributed by atoms with Gasteiger partial charge in [0.05, 0.1) is 5.52 Å². The van der Waals surface area contributed by atoms with Gasteiger partial charge in [0.2, 0.25) is 0 Å². The van der Waals surface area contributed by atoms with Gasteiger partial charge in [-0.2, -0.15) is 0 Å². The Morgan fingerprint density at radius 1 is 1.36 bits per heavy atom. The number of nitrogens with zero attached hydrogens (tertiary/aromatic N) is 1. The summed E-state index contributed by atoms with van der Waals surface area (Å²) in [7, 11) is 0. The molecule has 2 aromatic rings. The second-order valence-electron chi connectivity index (χ2n) is 3.65. The number of aromatic nitrogens is 1.